The normalized spacial score (nSPS) is 20.9. The van der Waals surface area contributed by atoms with Gasteiger partial charge in [0.1, 0.15) is 18.2 Å². The molecule has 1 aromatic carbocycles. The van der Waals surface area contributed by atoms with Crippen LogP contribution in [0.4, 0.5) is 4.79 Å². The fourth-order valence-electron chi connectivity index (χ4n) is 2.10. The van der Waals surface area contributed by atoms with Gasteiger partial charge in [-0.3, -0.25) is 14.5 Å². The van der Waals surface area contributed by atoms with Crippen molar-refractivity contribution < 1.29 is 19.1 Å². The van der Waals surface area contributed by atoms with E-state index in [0.29, 0.717) is 5.56 Å². The molecule has 0 spiro atoms. The Morgan fingerprint density at radius 2 is 2.05 bits per heavy atom. The highest BCUT2D eigenvalue weighted by Crippen LogP contribution is 2.28. The molecule has 3 amide bonds. The van der Waals surface area contributed by atoms with Crippen LogP contribution in [0.2, 0.25) is 0 Å². The smallest absolute Gasteiger partial charge is 0.327 e. The maximum Gasteiger partial charge on any atom is 0.327 e. The van der Waals surface area contributed by atoms with Gasteiger partial charge in [-0.05, 0) is 12.5 Å². The van der Waals surface area contributed by atoms with Gasteiger partial charge in [-0.2, -0.15) is 5.26 Å². The second-order valence-electron chi connectivity index (χ2n) is 4.63. The number of nitriles is 1. The first-order valence-corrected chi connectivity index (χ1v) is 6.21. The summed E-state index contributed by atoms with van der Waals surface area (Å²) in [7, 11) is 0. The number of amides is 3. The summed E-state index contributed by atoms with van der Waals surface area (Å²) in [5.74, 6) is -1.34. The van der Waals surface area contributed by atoms with Crippen LogP contribution in [-0.2, 0) is 19.9 Å². The number of hydrogen-bond donors (Lipinski definition) is 1. The Morgan fingerprint density at radius 1 is 1.38 bits per heavy atom. The number of urea groups is 1. The summed E-state index contributed by atoms with van der Waals surface area (Å²) in [6.45, 7) is 0.635. The number of carbonyl (C=O) groups excluding carboxylic acids is 3. The minimum Gasteiger partial charge on any atom is -0.449 e. The van der Waals surface area contributed by atoms with E-state index in [9.17, 15) is 14.4 Å². The van der Waals surface area contributed by atoms with Crippen LogP contribution < -0.4 is 5.32 Å². The lowest BCUT2D eigenvalue weighted by Gasteiger charge is -2.21. The predicted molar refractivity (Wildman–Crippen MR) is 70.6 cm³/mol. The summed E-state index contributed by atoms with van der Waals surface area (Å²) in [5, 5.41) is 10.9. The quantitative estimate of drug-likeness (QED) is 0.643. The number of hydrogen-bond acceptors (Lipinski definition) is 5. The third-order valence-corrected chi connectivity index (χ3v) is 3.21. The Morgan fingerprint density at radius 3 is 2.67 bits per heavy atom. The zero-order valence-electron chi connectivity index (χ0n) is 11.3. The standard InChI is InChI=1S/C14H13N3O4/c1-14(10-5-3-2-4-6-10)12(19)17(13(20)16-14)9-11(18)21-8-7-15/h2-6H,8-9H2,1H3,(H,16,20)/t14-/m0/s1. The van der Waals surface area contributed by atoms with Crippen molar-refractivity contribution in [3.63, 3.8) is 0 Å². The van der Waals surface area contributed by atoms with Crippen LogP contribution in [0, 0.1) is 11.3 Å². The Hall–Kier alpha value is -2.88. The van der Waals surface area contributed by atoms with Crippen molar-refractivity contribution in [1.82, 2.24) is 10.2 Å². The molecule has 0 aliphatic carbocycles. The number of nitrogens with one attached hydrogen (secondary N) is 1. The van der Waals surface area contributed by atoms with Gasteiger partial charge in [0.25, 0.3) is 5.91 Å². The molecule has 0 radical (unpaired) electrons. The fourth-order valence-corrected chi connectivity index (χ4v) is 2.10. The van der Waals surface area contributed by atoms with Crippen LogP contribution in [0.1, 0.15) is 12.5 Å². The number of imide groups is 1. The molecule has 1 atom stereocenters. The summed E-state index contributed by atoms with van der Waals surface area (Å²) in [6, 6.07) is 9.71. The molecule has 108 valence electrons. The monoisotopic (exact) mass is 287 g/mol. The Balaban J connectivity index is 2.17. The Kier molecular flexibility index (Phi) is 3.89. The predicted octanol–water partition coefficient (Wildman–Crippen LogP) is 0.520. The number of ether oxygens (including phenoxy) is 1. The maximum absolute atomic E-state index is 12.4. The van der Waals surface area contributed by atoms with Gasteiger partial charge < -0.3 is 10.1 Å². The zero-order valence-corrected chi connectivity index (χ0v) is 11.3. The Labute approximate surface area is 121 Å². The molecule has 1 aliphatic heterocycles. The van der Waals surface area contributed by atoms with Crippen LogP contribution in [0.3, 0.4) is 0 Å². The average Bonchev–Trinajstić information content (AvgIpc) is 2.70. The summed E-state index contributed by atoms with van der Waals surface area (Å²) in [6.07, 6.45) is 0. The minimum atomic E-state index is -1.21. The molecule has 1 fully saturated rings. The van der Waals surface area contributed by atoms with Crippen LogP contribution in [0.5, 0.6) is 0 Å². The highest BCUT2D eigenvalue weighted by molar-refractivity contribution is 6.08. The number of benzene rings is 1. The molecule has 1 heterocycles. The van der Waals surface area contributed by atoms with Crippen molar-refractivity contribution in [3.05, 3.63) is 35.9 Å². The van der Waals surface area contributed by atoms with Gasteiger partial charge in [-0.1, -0.05) is 30.3 Å². The van der Waals surface area contributed by atoms with E-state index in [1.54, 1.807) is 43.3 Å². The Bertz CT molecular complexity index is 623. The number of carbonyl (C=O) groups is 3. The molecule has 0 aromatic heterocycles. The van der Waals surface area contributed by atoms with Gasteiger partial charge in [0, 0.05) is 0 Å². The molecular weight excluding hydrogens is 274 g/mol. The van der Waals surface area contributed by atoms with Gasteiger partial charge >= 0.3 is 12.0 Å². The van der Waals surface area contributed by atoms with Gasteiger partial charge in [0.15, 0.2) is 6.61 Å². The summed E-state index contributed by atoms with van der Waals surface area (Å²) < 4.78 is 4.55. The molecule has 1 N–H and O–H groups in total. The van der Waals surface area contributed by atoms with Gasteiger partial charge in [-0.25, -0.2) is 4.79 Å². The van der Waals surface area contributed by atoms with Crippen molar-refractivity contribution in [2.24, 2.45) is 0 Å². The van der Waals surface area contributed by atoms with E-state index in [1.165, 1.54) is 0 Å². The molecule has 1 saturated heterocycles. The van der Waals surface area contributed by atoms with Crippen molar-refractivity contribution in [2.45, 2.75) is 12.5 Å². The topological polar surface area (TPSA) is 99.5 Å². The third-order valence-electron chi connectivity index (χ3n) is 3.21. The number of rotatable bonds is 4. The van der Waals surface area contributed by atoms with Crippen LogP contribution >= 0.6 is 0 Å². The van der Waals surface area contributed by atoms with Gasteiger partial charge in [-0.15, -0.1) is 0 Å². The van der Waals surface area contributed by atoms with E-state index in [1.807, 2.05) is 0 Å². The first-order valence-electron chi connectivity index (χ1n) is 6.21. The van der Waals surface area contributed by atoms with Crippen LogP contribution in [0.15, 0.2) is 30.3 Å². The van der Waals surface area contributed by atoms with Crippen molar-refractivity contribution in [1.29, 1.82) is 5.26 Å². The number of nitrogens with zero attached hydrogens (tertiary/aromatic N) is 2. The molecule has 1 aromatic rings. The second kappa shape index (κ2) is 5.63. The van der Waals surface area contributed by atoms with Crippen LogP contribution in [-0.4, -0.2) is 36.0 Å². The van der Waals surface area contributed by atoms with E-state index >= 15 is 0 Å². The fraction of sp³-hybridized carbons (Fsp3) is 0.286. The van der Waals surface area contributed by atoms with Crippen LogP contribution in [0.25, 0.3) is 0 Å². The molecule has 0 bridgehead atoms. The maximum atomic E-state index is 12.4. The van der Waals surface area contributed by atoms with E-state index < -0.39 is 36.6 Å². The van der Waals surface area contributed by atoms with Crippen molar-refractivity contribution in [3.8, 4) is 6.07 Å². The molecule has 2 rings (SSSR count). The summed E-state index contributed by atoms with van der Waals surface area (Å²) in [5.41, 5.74) is -0.593. The molecule has 21 heavy (non-hydrogen) atoms. The van der Waals surface area contributed by atoms with Gasteiger partial charge in [0.2, 0.25) is 0 Å². The lowest BCUT2D eigenvalue weighted by molar-refractivity contribution is -0.146. The SMILES string of the molecule is C[C@@]1(c2ccccc2)NC(=O)N(CC(=O)OCC#N)C1=O. The summed E-state index contributed by atoms with van der Waals surface area (Å²) in [4.78, 5) is 36.6. The second-order valence-corrected chi connectivity index (χ2v) is 4.63. The molecule has 7 heteroatoms. The van der Waals surface area contributed by atoms with Crippen molar-refractivity contribution >= 4 is 17.9 Å². The van der Waals surface area contributed by atoms with E-state index in [4.69, 9.17) is 5.26 Å². The average molecular weight is 287 g/mol. The molecule has 0 saturated carbocycles. The first kappa shape index (κ1) is 14.5. The minimum absolute atomic E-state index is 0.418. The lowest BCUT2D eigenvalue weighted by Crippen LogP contribution is -2.41. The van der Waals surface area contributed by atoms with E-state index in [2.05, 4.69) is 10.1 Å². The highest BCUT2D eigenvalue weighted by Gasteiger charge is 2.49. The lowest BCUT2D eigenvalue weighted by atomic mass is 9.92. The molecule has 7 nitrogen and oxygen atoms in total. The van der Waals surface area contributed by atoms with Gasteiger partial charge in [0.05, 0.1) is 0 Å². The molecular formula is C14H13N3O4. The molecule has 1 aliphatic rings. The first-order chi connectivity index (χ1) is 9.99. The summed E-state index contributed by atoms with van der Waals surface area (Å²) >= 11 is 0. The largest absolute Gasteiger partial charge is 0.449 e. The van der Waals surface area contributed by atoms with E-state index in [-0.39, 0.29) is 0 Å². The zero-order chi connectivity index (χ0) is 15.5. The van der Waals surface area contributed by atoms with Crippen molar-refractivity contribution in [2.75, 3.05) is 13.2 Å². The van der Waals surface area contributed by atoms with E-state index in [0.717, 1.165) is 4.90 Å². The highest BCUT2D eigenvalue weighted by atomic mass is 16.5. The molecule has 0 unspecified atom stereocenters. The third kappa shape index (κ3) is 2.69. The number of esters is 1.